The molecule has 0 spiro atoms. The van der Waals surface area contributed by atoms with Crippen molar-refractivity contribution < 1.29 is 5.11 Å². The molecule has 2 fully saturated rings. The van der Waals surface area contributed by atoms with Crippen molar-refractivity contribution in [3.63, 3.8) is 0 Å². The van der Waals surface area contributed by atoms with E-state index < -0.39 is 0 Å². The Hall–Kier alpha value is -0.0800. The van der Waals surface area contributed by atoms with Crippen LogP contribution >= 0.6 is 0 Å². The first-order chi connectivity index (χ1) is 5.27. The molecule has 1 heterocycles. The van der Waals surface area contributed by atoms with Crippen LogP contribution in [-0.4, -0.2) is 36.2 Å². The van der Waals surface area contributed by atoms with E-state index in [4.69, 9.17) is 0 Å². The van der Waals surface area contributed by atoms with E-state index in [2.05, 4.69) is 11.9 Å². The second kappa shape index (κ2) is 2.76. The van der Waals surface area contributed by atoms with E-state index in [-0.39, 0.29) is 6.10 Å². The molecular weight excluding hydrogens is 138 g/mol. The van der Waals surface area contributed by atoms with Crippen molar-refractivity contribution in [1.29, 1.82) is 0 Å². The van der Waals surface area contributed by atoms with E-state index in [1.807, 2.05) is 0 Å². The summed E-state index contributed by atoms with van der Waals surface area (Å²) in [6, 6.07) is 0. The highest BCUT2D eigenvalue weighted by Crippen LogP contribution is 2.33. The third-order valence-electron chi connectivity index (χ3n) is 3.21. The van der Waals surface area contributed by atoms with Crippen LogP contribution < -0.4 is 0 Å². The molecular formula is C9H17NO. The summed E-state index contributed by atoms with van der Waals surface area (Å²) >= 11 is 0. The Bertz CT molecular complexity index is 134. The van der Waals surface area contributed by atoms with E-state index in [1.165, 1.54) is 19.3 Å². The van der Waals surface area contributed by atoms with Gasteiger partial charge in [0.15, 0.2) is 0 Å². The minimum atomic E-state index is 0.0138. The van der Waals surface area contributed by atoms with Gasteiger partial charge in [0.05, 0.1) is 6.10 Å². The first-order valence-electron chi connectivity index (χ1n) is 4.64. The summed E-state index contributed by atoms with van der Waals surface area (Å²) in [6.45, 7) is 2.22. The molecule has 0 amide bonds. The molecule has 2 bridgehead atoms. The summed E-state index contributed by atoms with van der Waals surface area (Å²) in [4.78, 5) is 2.36. The Morgan fingerprint density at radius 1 is 1.18 bits per heavy atom. The second-order valence-corrected chi connectivity index (χ2v) is 4.16. The molecule has 64 valence electrons. The van der Waals surface area contributed by atoms with Crippen LogP contribution in [0.1, 0.15) is 19.3 Å². The van der Waals surface area contributed by atoms with Crippen molar-refractivity contribution in [2.24, 2.45) is 11.8 Å². The average Bonchev–Trinajstić information content (AvgIpc) is 1.92. The van der Waals surface area contributed by atoms with Gasteiger partial charge in [-0.2, -0.15) is 0 Å². The van der Waals surface area contributed by atoms with Crippen LogP contribution in [-0.2, 0) is 0 Å². The van der Waals surface area contributed by atoms with Crippen molar-refractivity contribution in [2.45, 2.75) is 25.4 Å². The molecule has 1 saturated carbocycles. The van der Waals surface area contributed by atoms with Crippen molar-refractivity contribution in [3.8, 4) is 0 Å². The zero-order valence-corrected chi connectivity index (χ0v) is 7.16. The zero-order chi connectivity index (χ0) is 7.84. The Kier molecular flexibility index (Phi) is 1.90. The maximum atomic E-state index is 9.78. The van der Waals surface area contributed by atoms with Gasteiger partial charge in [0.25, 0.3) is 0 Å². The van der Waals surface area contributed by atoms with Gasteiger partial charge in [-0.3, -0.25) is 0 Å². The molecule has 0 radical (unpaired) electrons. The van der Waals surface area contributed by atoms with Crippen LogP contribution in [0.5, 0.6) is 0 Å². The predicted octanol–water partition coefficient (Wildman–Crippen LogP) is 0.709. The lowest BCUT2D eigenvalue weighted by atomic mass is 9.75. The quantitative estimate of drug-likeness (QED) is 0.557. The zero-order valence-electron chi connectivity index (χ0n) is 7.16. The molecule has 2 aliphatic rings. The van der Waals surface area contributed by atoms with Gasteiger partial charge in [0.2, 0.25) is 0 Å². The summed E-state index contributed by atoms with van der Waals surface area (Å²) in [5.74, 6) is 1.15. The smallest absolute Gasteiger partial charge is 0.0620 e. The molecule has 1 unspecified atom stereocenters. The van der Waals surface area contributed by atoms with Crippen molar-refractivity contribution in [2.75, 3.05) is 20.1 Å². The van der Waals surface area contributed by atoms with Gasteiger partial charge in [0, 0.05) is 13.1 Å². The first kappa shape index (κ1) is 7.56. The number of hydrogen-bond donors (Lipinski definition) is 1. The summed E-state index contributed by atoms with van der Waals surface area (Å²) in [6.07, 6.45) is 3.82. The fourth-order valence-corrected chi connectivity index (χ4v) is 2.64. The summed E-state index contributed by atoms with van der Waals surface area (Å²) in [5.41, 5.74) is 0. The van der Waals surface area contributed by atoms with Crippen molar-refractivity contribution in [1.82, 2.24) is 4.90 Å². The van der Waals surface area contributed by atoms with E-state index in [9.17, 15) is 5.11 Å². The Morgan fingerprint density at radius 2 is 1.73 bits per heavy atom. The number of rotatable bonds is 0. The molecule has 2 heteroatoms. The highest BCUT2D eigenvalue weighted by molar-refractivity contribution is 4.89. The summed E-state index contributed by atoms with van der Waals surface area (Å²) < 4.78 is 0. The molecule has 1 saturated heterocycles. The maximum absolute atomic E-state index is 9.78. The molecule has 2 nitrogen and oxygen atoms in total. The molecule has 1 aliphatic heterocycles. The molecule has 2 rings (SSSR count). The lowest BCUT2D eigenvalue weighted by molar-refractivity contribution is -0.0419. The van der Waals surface area contributed by atoms with Crippen LogP contribution in [0.2, 0.25) is 0 Å². The van der Waals surface area contributed by atoms with E-state index in [0.717, 1.165) is 13.1 Å². The highest BCUT2D eigenvalue weighted by atomic mass is 16.3. The van der Waals surface area contributed by atoms with Crippen LogP contribution in [0, 0.1) is 11.8 Å². The highest BCUT2D eigenvalue weighted by Gasteiger charge is 2.36. The monoisotopic (exact) mass is 155 g/mol. The number of aliphatic hydroxyl groups is 1. The first-order valence-corrected chi connectivity index (χ1v) is 4.64. The van der Waals surface area contributed by atoms with Gasteiger partial charge in [0.1, 0.15) is 0 Å². The second-order valence-electron chi connectivity index (χ2n) is 4.16. The third-order valence-corrected chi connectivity index (χ3v) is 3.21. The molecule has 0 aromatic carbocycles. The minimum Gasteiger partial charge on any atom is -0.392 e. The van der Waals surface area contributed by atoms with Gasteiger partial charge < -0.3 is 10.0 Å². The molecule has 1 N–H and O–H groups in total. The molecule has 1 aliphatic carbocycles. The van der Waals surface area contributed by atoms with Crippen LogP contribution in [0.3, 0.4) is 0 Å². The lowest BCUT2D eigenvalue weighted by Crippen LogP contribution is -2.49. The summed E-state index contributed by atoms with van der Waals surface area (Å²) in [5, 5.41) is 9.78. The predicted molar refractivity (Wildman–Crippen MR) is 44.3 cm³/mol. The fraction of sp³-hybridized carbons (Fsp3) is 1.00. The average molecular weight is 155 g/mol. The number of fused-ring (bicyclic) bond motifs is 2. The Labute approximate surface area is 68.2 Å². The van der Waals surface area contributed by atoms with E-state index in [0.29, 0.717) is 11.8 Å². The van der Waals surface area contributed by atoms with Crippen molar-refractivity contribution >= 4 is 0 Å². The number of likely N-dealkylation sites (tertiary alicyclic amines) is 1. The van der Waals surface area contributed by atoms with Gasteiger partial charge >= 0.3 is 0 Å². The third kappa shape index (κ3) is 1.30. The standard InChI is InChI=1S/C9H17NO/c1-10-5-7-3-2-4-8(6-10)9(7)11/h7-9,11H,2-6H2,1H3/t7-,8+,9?. The number of hydrogen-bond acceptors (Lipinski definition) is 2. The van der Waals surface area contributed by atoms with Crippen LogP contribution in [0.15, 0.2) is 0 Å². The number of aliphatic hydroxyl groups excluding tert-OH is 1. The maximum Gasteiger partial charge on any atom is 0.0620 e. The van der Waals surface area contributed by atoms with Gasteiger partial charge in [-0.1, -0.05) is 6.42 Å². The normalized spacial score (nSPS) is 45.8. The SMILES string of the molecule is CN1C[C@H]2CCC[C@@H](C1)C2O. The minimum absolute atomic E-state index is 0.0138. The van der Waals surface area contributed by atoms with E-state index in [1.54, 1.807) is 0 Å². The van der Waals surface area contributed by atoms with Gasteiger partial charge in [-0.15, -0.1) is 0 Å². The number of nitrogens with zero attached hydrogens (tertiary/aromatic N) is 1. The van der Waals surface area contributed by atoms with E-state index >= 15 is 0 Å². The fourth-order valence-electron chi connectivity index (χ4n) is 2.64. The molecule has 0 aromatic rings. The van der Waals surface area contributed by atoms with Crippen LogP contribution in [0.4, 0.5) is 0 Å². The largest absolute Gasteiger partial charge is 0.392 e. The van der Waals surface area contributed by atoms with Gasteiger partial charge in [-0.25, -0.2) is 0 Å². The lowest BCUT2D eigenvalue weighted by Gasteiger charge is -2.43. The number of piperidine rings is 1. The Balaban J connectivity index is 2.07. The summed E-state index contributed by atoms with van der Waals surface area (Å²) in [7, 11) is 2.16. The van der Waals surface area contributed by atoms with Gasteiger partial charge in [-0.05, 0) is 31.7 Å². The molecule has 3 atom stereocenters. The topological polar surface area (TPSA) is 23.5 Å². The van der Waals surface area contributed by atoms with Crippen LogP contribution in [0.25, 0.3) is 0 Å². The molecule has 0 aromatic heterocycles. The molecule has 11 heavy (non-hydrogen) atoms. The Morgan fingerprint density at radius 3 is 2.27 bits per heavy atom. The van der Waals surface area contributed by atoms with Crippen molar-refractivity contribution in [3.05, 3.63) is 0 Å².